The van der Waals surface area contributed by atoms with Crippen molar-refractivity contribution in [3.63, 3.8) is 0 Å². The number of nitrogens with one attached hydrogen (secondary N) is 2. The molecular formula is C30H31N7O8. The number of benzene rings is 2. The molecule has 1 aliphatic carbocycles. The van der Waals surface area contributed by atoms with E-state index in [0.717, 1.165) is 35.2 Å². The molecule has 15 nitrogen and oxygen atoms in total. The summed E-state index contributed by atoms with van der Waals surface area (Å²) in [4.78, 5) is 66.1. The van der Waals surface area contributed by atoms with E-state index in [0.29, 0.717) is 22.6 Å². The zero-order valence-corrected chi connectivity index (χ0v) is 23.3. The molecule has 0 radical (unpaired) electrons. The lowest BCUT2D eigenvalue weighted by atomic mass is 10.1. The molecule has 1 aliphatic heterocycles. The van der Waals surface area contributed by atoms with E-state index in [1.54, 1.807) is 24.3 Å². The van der Waals surface area contributed by atoms with Crippen LogP contribution < -0.4 is 26.8 Å². The van der Waals surface area contributed by atoms with Crippen LogP contribution in [0.4, 0.5) is 5.69 Å². The van der Waals surface area contributed by atoms with Crippen molar-refractivity contribution in [3.05, 3.63) is 88.1 Å². The SMILES string of the molecule is C.COC(=O)c1ccc2c(c1)CC[C@@H]2N.NC(=O)c1ncn2c(C(=O)O)cc(C(=O)NCc3ccc4c(c3)NC(=O)CO4)nc12. The van der Waals surface area contributed by atoms with Crippen LogP contribution in [0.3, 0.4) is 0 Å². The summed E-state index contributed by atoms with van der Waals surface area (Å²) in [5.74, 6) is -2.97. The van der Waals surface area contributed by atoms with Gasteiger partial charge in [-0.25, -0.2) is 19.6 Å². The highest BCUT2D eigenvalue weighted by molar-refractivity contribution is 6.00. The number of nitrogens with two attached hydrogens (primary N) is 2. The molecule has 0 bridgehead atoms. The third kappa shape index (κ3) is 6.73. The third-order valence-corrected chi connectivity index (χ3v) is 7.00. The van der Waals surface area contributed by atoms with Crippen LogP contribution in [0.25, 0.3) is 5.65 Å². The Morgan fingerprint density at radius 2 is 1.96 bits per heavy atom. The van der Waals surface area contributed by atoms with Gasteiger partial charge in [0.15, 0.2) is 17.9 Å². The van der Waals surface area contributed by atoms with Gasteiger partial charge in [-0.05, 0) is 53.8 Å². The number of carboxylic acid groups (broad SMARTS) is 1. The highest BCUT2D eigenvalue weighted by Gasteiger charge is 2.22. The minimum atomic E-state index is -1.34. The molecule has 2 aromatic carbocycles. The molecule has 7 N–H and O–H groups in total. The quantitative estimate of drug-likeness (QED) is 0.196. The molecule has 45 heavy (non-hydrogen) atoms. The third-order valence-electron chi connectivity index (χ3n) is 7.00. The monoisotopic (exact) mass is 617 g/mol. The number of hydrogen-bond acceptors (Lipinski definition) is 10. The topological polar surface area (TPSA) is 230 Å². The highest BCUT2D eigenvalue weighted by Crippen LogP contribution is 2.30. The lowest BCUT2D eigenvalue weighted by Crippen LogP contribution is -2.27. The number of aromatic nitrogens is 3. The van der Waals surface area contributed by atoms with Crippen LogP contribution in [-0.2, 0) is 22.5 Å². The smallest absolute Gasteiger partial charge is 0.353 e. The second-order valence-electron chi connectivity index (χ2n) is 9.88. The van der Waals surface area contributed by atoms with E-state index in [4.69, 9.17) is 16.2 Å². The summed E-state index contributed by atoms with van der Waals surface area (Å²) in [5.41, 5.74) is 14.3. The largest absolute Gasteiger partial charge is 0.482 e. The lowest BCUT2D eigenvalue weighted by Gasteiger charge is -2.18. The Morgan fingerprint density at radius 3 is 2.67 bits per heavy atom. The van der Waals surface area contributed by atoms with Crippen LogP contribution in [0.15, 0.2) is 48.8 Å². The number of hydrogen-bond donors (Lipinski definition) is 5. The van der Waals surface area contributed by atoms with Crippen molar-refractivity contribution >= 4 is 41.0 Å². The number of aryl methyl sites for hydroxylation is 1. The average Bonchev–Trinajstić information content (AvgIpc) is 3.62. The van der Waals surface area contributed by atoms with Gasteiger partial charge in [-0.3, -0.25) is 18.8 Å². The second-order valence-corrected chi connectivity index (χ2v) is 9.88. The number of carbonyl (C=O) groups excluding carboxylic acids is 4. The number of anilines is 1. The van der Waals surface area contributed by atoms with Crippen molar-refractivity contribution in [2.24, 2.45) is 11.5 Å². The Hall–Kier alpha value is -5.83. The fraction of sp³-hybridized carbons (Fsp3) is 0.233. The predicted octanol–water partition coefficient (Wildman–Crippen LogP) is 1.84. The van der Waals surface area contributed by atoms with Gasteiger partial charge in [0.2, 0.25) is 0 Å². The van der Waals surface area contributed by atoms with E-state index in [9.17, 15) is 29.1 Å². The van der Waals surface area contributed by atoms with Gasteiger partial charge in [0.05, 0.1) is 18.4 Å². The summed E-state index contributed by atoms with van der Waals surface area (Å²) >= 11 is 0. The molecular weight excluding hydrogens is 586 g/mol. The fourth-order valence-corrected chi connectivity index (χ4v) is 4.83. The van der Waals surface area contributed by atoms with Crippen LogP contribution >= 0.6 is 0 Å². The number of amides is 3. The number of rotatable bonds is 6. The van der Waals surface area contributed by atoms with Gasteiger partial charge in [0.1, 0.15) is 23.5 Å². The molecule has 3 heterocycles. The molecule has 0 saturated heterocycles. The Balaban J connectivity index is 0.000000258. The summed E-state index contributed by atoms with van der Waals surface area (Å²) < 4.78 is 11.0. The Morgan fingerprint density at radius 1 is 1.18 bits per heavy atom. The van der Waals surface area contributed by atoms with E-state index in [1.807, 2.05) is 12.1 Å². The molecule has 0 saturated carbocycles. The van der Waals surface area contributed by atoms with Crippen molar-refractivity contribution < 1.29 is 38.6 Å². The maximum absolute atomic E-state index is 12.6. The number of primary amides is 1. The Kier molecular flexibility index (Phi) is 9.42. The normalized spacial score (nSPS) is 14.4. The van der Waals surface area contributed by atoms with Crippen molar-refractivity contribution in [3.8, 4) is 5.75 Å². The maximum Gasteiger partial charge on any atom is 0.353 e. The highest BCUT2D eigenvalue weighted by atomic mass is 16.5. The molecule has 0 unspecified atom stereocenters. The molecule has 3 amide bonds. The van der Waals surface area contributed by atoms with Gasteiger partial charge >= 0.3 is 11.9 Å². The Labute approximate surface area is 256 Å². The first-order valence-corrected chi connectivity index (χ1v) is 13.3. The first-order chi connectivity index (χ1) is 21.0. The van der Waals surface area contributed by atoms with Gasteiger partial charge in [0, 0.05) is 18.7 Å². The number of fused-ring (bicyclic) bond motifs is 3. The summed E-state index contributed by atoms with van der Waals surface area (Å²) in [6.07, 6.45) is 3.03. The van der Waals surface area contributed by atoms with Gasteiger partial charge in [-0.1, -0.05) is 19.6 Å². The average molecular weight is 618 g/mol. The first kappa shape index (κ1) is 32.1. The number of carbonyl (C=O) groups is 5. The lowest BCUT2D eigenvalue weighted by molar-refractivity contribution is -0.118. The molecule has 4 aromatic rings. The van der Waals surface area contributed by atoms with Gasteiger partial charge in [0.25, 0.3) is 17.7 Å². The van der Waals surface area contributed by atoms with E-state index >= 15 is 0 Å². The molecule has 15 heteroatoms. The minimum absolute atomic E-state index is 0. The van der Waals surface area contributed by atoms with E-state index in [2.05, 4.69) is 25.3 Å². The van der Waals surface area contributed by atoms with Crippen LogP contribution in [0.5, 0.6) is 5.75 Å². The second kappa shape index (κ2) is 13.2. The molecule has 0 fully saturated rings. The zero-order chi connectivity index (χ0) is 31.5. The molecule has 234 valence electrons. The van der Waals surface area contributed by atoms with Crippen molar-refractivity contribution in [1.29, 1.82) is 0 Å². The predicted molar refractivity (Wildman–Crippen MR) is 160 cm³/mol. The fourth-order valence-electron chi connectivity index (χ4n) is 4.83. The molecule has 1 atom stereocenters. The van der Waals surface area contributed by atoms with Crippen LogP contribution in [0.2, 0.25) is 0 Å². The van der Waals surface area contributed by atoms with Crippen molar-refractivity contribution in [1.82, 2.24) is 19.7 Å². The van der Waals surface area contributed by atoms with Crippen LogP contribution in [0.1, 0.15) is 78.4 Å². The van der Waals surface area contributed by atoms with Gasteiger partial charge in [-0.15, -0.1) is 0 Å². The number of esters is 1. The summed E-state index contributed by atoms with van der Waals surface area (Å²) in [6.45, 7) is 0.00418. The molecule has 2 aliphatic rings. The molecule has 2 aromatic heterocycles. The van der Waals surface area contributed by atoms with E-state index in [1.165, 1.54) is 12.7 Å². The standard InChI is InChI=1S/C18H14N6O6.C11H13NO2.CH4/c19-15(26)14-16-23-10(4-11(18(28)29)24(16)7-21-14)17(27)20-5-8-1-2-12-9(3-8)22-13(25)6-30-12;1-14-11(13)8-2-4-9-7(6-8)3-5-10(9)12;/h1-4,7H,5-6H2,(H2,19,26)(H,20,27)(H,22,25)(H,28,29);2,4,6,10H,3,5,12H2,1H3;1H4/t;10-;/m.0./s1. The number of methoxy groups -OCH3 is 1. The Bertz CT molecular complexity index is 1830. The summed E-state index contributed by atoms with van der Waals surface area (Å²) in [5, 5.41) is 14.7. The minimum Gasteiger partial charge on any atom is -0.482 e. The van der Waals surface area contributed by atoms with Crippen LogP contribution in [0, 0.1) is 0 Å². The van der Waals surface area contributed by atoms with Crippen LogP contribution in [-0.4, -0.2) is 62.9 Å². The number of nitrogens with zero attached hydrogens (tertiary/aromatic N) is 3. The van der Waals surface area contributed by atoms with Gasteiger partial charge in [-0.2, -0.15) is 0 Å². The zero-order valence-electron chi connectivity index (χ0n) is 23.3. The summed E-state index contributed by atoms with van der Waals surface area (Å²) in [7, 11) is 1.39. The number of ether oxygens (including phenoxy) is 2. The number of carboxylic acids is 1. The van der Waals surface area contributed by atoms with Gasteiger partial charge < -0.3 is 36.7 Å². The number of imidazole rings is 1. The van der Waals surface area contributed by atoms with Crippen molar-refractivity contribution in [2.75, 3.05) is 19.0 Å². The van der Waals surface area contributed by atoms with Crippen molar-refractivity contribution in [2.45, 2.75) is 32.9 Å². The van der Waals surface area contributed by atoms with E-state index in [-0.39, 0.29) is 61.2 Å². The molecule has 0 spiro atoms. The first-order valence-electron chi connectivity index (χ1n) is 13.3. The van der Waals surface area contributed by atoms with E-state index < -0.39 is 17.8 Å². The number of aromatic carboxylic acids is 1. The maximum atomic E-state index is 12.6. The molecule has 6 rings (SSSR count). The summed E-state index contributed by atoms with van der Waals surface area (Å²) in [6, 6.07) is 11.8.